The number of nitrogens with one attached hydrogen (secondary N) is 2. The number of amides is 8. The normalized spacial score (nSPS) is 25.0. The zero-order valence-corrected chi connectivity index (χ0v) is 33.8. The topological polar surface area (TPSA) is 170 Å². The number of carbonyl (C=O) groups is 6. The maximum absolute atomic E-state index is 13.6. The summed E-state index contributed by atoms with van der Waals surface area (Å²) in [5.74, 6) is 1.33. The Hall–Kier alpha value is -5.14. The molecule has 0 atom stereocenters. The number of ether oxygens (including phenoxy) is 4. The van der Waals surface area contributed by atoms with Crippen molar-refractivity contribution in [3.8, 4) is 11.5 Å². The smallest absolute Gasteiger partial charge is 0.425 e. The number of urea groups is 2. The standard InChI is InChI=1S/C26H36N2O7.C16H20N2O3/c1-8-33-19-11-9-17(10-12-19)18-13-15-26(16-14-18)20(29)27(22(31)34-24(2,3)4)21(30)28(26)23(32)35-25(5,6)7;1-2-21-13-5-3-11(4-6-13)12-7-9-16(10-8-12)14(19)17-15(20)18-16/h9-12,18H,8,13-16H2,1-7H3;3-6,12H,2,7-10H2,1H3,(H2,17,18,19,20). The number of nitrogens with zero attached hydrogens (tertiary/aromatic N) is 2. The van der Waals surface area contributed by atoms with Crippen LogP contribution < -0.4 is 20.1 Å². The number of benzene rings is 2. The Balaban J connectivity index is 0.000000242. The Bertz CT molecular complexity index is 1780. The van der Waals surface area contributed by atoms with Gasteiger partial charge in [0.15, 0.2) is 0 Å². The van der Waals surface area contributed by atoms with E-state index in [2.05, 4.69) is 22.8 Å². The summed E-state index contributed by atoms with van der Waals surface area (Å²) in [6.07, 6.45) is 2.70. The van der Waals surface area contributed by atoms with E-state index in [1.807, 2.05) is 50.2 Å². The summed E-state index contributed by atoms with van der Waals surface area (Å²) in [6, 6.07) is 14.6. The minimum atomic E-state index is -1.49. The number of hydrogen-bond acceptors (Lipinski definition) is 10. The lowest BCUT2D eigenvalue weighted by atomic mass is 9.73. The van der Waals surface area contributed by atoms with Gasteiger partial charge >= 0.3 is 24.2 Å². The fourth-order valence-electron chi connectivity index (χ4n) is 7.90. The van der Waals surface area contributed by atoms with E-state index in [1.165, 1.54) is 5.56 Å². The second-order valence-electron chi connectivity index (χ2n) is 16.8. The van der Waals surface area contributed by atoms with Crippen LogP contribution in [0, 0.1) is 0 Å². The van der Waals surface area contributed by atoms with Crippen LogP contribution in [0.3, 0.4) is 0 Å². The van der Waals surface area contributed by atoms with Crippen molar-refractivity contribution in [3.05, 3.63) is 59.7 Å². The molecule has 2 aliphatic heterocycles. The largest absolute Gasteiger partial charge is 0.494 e. The van der Waals surface area contributed by atoms with Crippen molar-refractivity contribution in [2.75, 3.05) is 13.2 Å². The van der Waals surface area contributed by atoms with E-state index in [4.69, 9.17) is 18.9 Å². The van der Waals surface area contributed by atoms with Gasteiger partial charge in [0, 0.05) is 0 Å². The summed E-state index contributed by atoms with van der Waals surface area (Å²) >= 11 is 0. The van der Waals surface area contributed by atoms with Crippen molar-refractivity contribution < 1.29 is 47.7 Å². The highest BCUT2D eigenvalue weighted by atomic mass is 16.6. The van der Waals surface area contributed by atoms with Crippen LogP contribution >= 0.6 is 0 Å². The van der Waals surface area contributed by atoms with Crippen LogP contribution in [0.1, 0.15) is 130 Å². The molecule has 304 valence electrons. The maximum Gasteiger partial charge on any atom is 0.425 e. The van der Waals surface area contributed by atoms with Crippen molar-refractivity contribution in [2.45, 2.75) is 141 Å². The first-order valence-corrected chi connectivity index (χ1v) is 19.5. The summed E-state index contributed by atoms with van der Waals surface area (Å²) in [6.45, 7) is 15.1. The Morgan fingerprint density at radius 3 is 1.50 bits per heavy atom. The molecular weight excluding hydrogens is 720 g/mol. The van der Waals surface area contributed by atoms with Gasteiger partial charge in [0.05, 0.1) is 13.2 Å². The Morgan fingerprint density at radius 2 is 1.11 bits per heavy atom. The first-order chi connectivity index (χ1) is 26.3. The zero-order valence-electron chi connectivity index (χ0n) is 33.8. The van der Waals surface area contributed by atoms with E-state index in [0.717, 1.165) is 34.8 Å². The SMILES string of the molecule is CCOc1ccc(C2CCC3(CC2)C(=O)N(C(=O)OC(C)(C)C)C(=O)N3C(=O)OC(C)(C)C)cc1.CCOc1ccc(C2CCC3(CC2)NC(=O)NC3=O)cc1. The average molecular weight is 777 g/mol. The molecule has 8 amide bonds. The van der Waals surface area contributed by atoms with Crippen LogP contribution in [0.15, 0.2) is 48.5 Å². The van der Waals surface area contributed by atoms with Gasteiger partial charge in [-0.2, -0.15) is 4.90 Å². The van der Waals surface area contributed by atoms with Crippen LogP contribution in [0.4, 0.5) is 19.2 Å². The van der Waals surface area contributed by atoms with Crippen LogP contribution in [-0.4, -0.2) is 81.4 Å². The predicted molar refractivity (Wildman–Crippen MR) is 206 cm³/mol. The molecule has 2 aromatic carbocycles. The van der Waals surface area contributed by atoms with E-state index >= 15 is 0 Å². The highest BCUT2D eigenvalue weighted by Gasteiger charge is 2.64. The molecule has 2 aromatic rings. The molecule has 4 fully saturated rings. The molecule has 0 unspecified atom stereocenters. The molecule has 2 spiro atoms. The molecule has 2 saturated heterocycles. The summed E-state index contributed by atoms with van der Waals surface area (Å²) < 4.78 is 21.7. The van der Waals surface area contributed by atoms with E-state index < -0.39 is 46.4 Å². The van der Waals surface area contributed by atoms with E-state index in [1.54, 1.807) is 41.5 Å². The van der Waals surface area contributed by atoms with Gasteiger partial charge in [-0.05, 0) is 154 Å². The second-order valence-corrected chi connectivity index (χ2v) is 16.8. The maximum atomic E-state index is 13.6. The van der Waals surface area contributed by atoms with Gasteiger partial charge < -0.3 is 24.3 Å². The van der Waals surface area contributed by atoms with Gasteiger partial charge in [-0.15, -0.1) is 0 Å². The van der Waals surface area contributed by atoms with Crippen molar-refractivity contribution in [2.24, 2.45) is 0 Å². The van der Waals surface area contributed by atoms with Crippen LogP contribution in [-0.2, 0) is 19.1 Å². The van der Waals surface area contributed by atoms with Gasteiger partial charge in [-0.1, -0.05) is 24.3 Å². The summed E-state index contributed by atoms with van der Waals surface area (Å²) in [4.78, 5) is 77.4. The highest BCUT2D eigenvalue weighted by Crippen LogP contribution is 2.46. The molecule has 0 bridgehead atoms. The van der Waals surface area contributed by atoms with Crippen molar-refractivity contribution in [1.82, 2.24) is 20.4 Å². The molecular formula is C42H56N4O10. The van der Waals surface area contributed by atoms with Crippen molar-refractivity contribution >= 4 is 36.1 Å². The summed E-state index contributed by atoms with van der Waals surface area (Å²) in [5.41, 5.74) is -1.60. The van der Waals surface area contributed by atoms with E-state index in [9.17, 15) is 28.8 Å². The lowest BCUT2D eigenvalue weighted by Crippen LogP contribution is -2.55. The number of hydrogen-bond donors (Lipinski definition) is 2. The first kappa shape index (κ1) is 42.0. The van der Waals surface area contributed by atoms with E-state index in [0.29, 0.717) is 49.7 Å². The molecule has 6 rings (SSSR count). The molecule has 14 nitrogen and oxygen atoms in total. The van der Waals surface area contributed by atoms with Gasteiger partial charge in [0.25, 0.3) is 11.8 Å². The highest BCUT2D eigenvalue weighted by molar-refractivity contribution is 6.20. The van der Waals surface area contributed by atoms with E-state index in [-0.39, 0.29) is 30.7 Å². The lowest BCUT2D eigenvalue weighted by Gasteiger charge is -2.40. The minimum absolute atomic E-state index is 0.135. The quantitative estimate of drug-likeness (QED) is 0.275. The van der Waals surface area contributed by atoms with Gasteiger partial charge in [-0.25, -0.2) is 24.1 Å². The zero-order chi connectivity index (χ0) is 41.1. The minimum Gasteiger partial charge on any atom is -0.494 e. The van der Waals surface area contributed by atoms with Crippen LogP contribution in [0.2, 0.25) is 0 Å². The molecule has 2 N–H and O–H groups in total. The monoisotopic (exact) mass is 776 g/mol. The van der Waals surface area contributed by atoms with Crippen molar-refractivity contribution in [1.29, 1.82) is 0 Å². The second kappa shape index (κ2) is 16.5. The average Bonchev–Trinajstić information content (AvgIpc) is 3.51. The van der Waals surface area contributed by atoms with Gasteiger partial charge in [-0.3, -0.25) is 14.9 Å². The lowest BCUT2D eigenvalue weighted by molar-refractivity contribution is -0.134. The fraction of sp³-hybridized carbons (Fsp3) is 0.571. The summed E-state index contributed by atoms with van der Waals surface area (Å²) in [5, 5.41) is 5.15. The molecule has 14 heteroatoms. The predicted octanol–water partition coefficient (Wildman–Crippen LogP) is 7.94. The molecule has 0 radical (unpaired) electrons. The van der Waals surface area contributed by atoms with Crippen LogP contribution in [0.5, 0.6) is 11.5 Å². The third-order valence-electron chi connectivity index (χ3n) is 10.6. The number of rotatable bonds is 6. The molecule has 2 aliphatic carbocycles. The molecule has 56 heavy (non-hydrogen) atoms. The Kier molecular flexibility index (Phi) is 12.4. The first-order valence-electron chi connectivity index (χ1n) is 19.5. The Morgan fingerprint density at radius 1 is 0.679 bits per heavy atom. The molecule has 0 aromatic heterocycles. The number of imide groups is 5. The third kappa shape index (κ3) is 9.27. The van der Waals surface area contributed by atoms with Gasteiger partial charge in [0.2, 0.25) is 0 Å². The Labute approximate surface area is 328 Å². The molecule has 4 aliphatic rings. The van der Waals surface area contributed by atoms with Crippen LogP contribution in [0.25, 0.3) is 0 Å². The third-order valence-corrected chi connectivity index (χ3v) is 10.6. The molecule has 2 saturated carbocycles. The summed E-state index contributed by atoms with van der Waals surface area (Å²) in [7, 11) is 0. The number of carbonyl (C=O) groups excluding carboxylic acids is 6. The van der Waals surface area contributed by atoms with Gasteiger partial charge in [0.1, 0.15) is 33.8 Å². The molecule has 2 heterocycles. The fourth-order valence-corrected chi connectivity index (χ4v) is 7.90. The van der Waals surface area contributed by atoms with Crippen molar-refractivity contribution in [3.63, 3.8) is 0 Å².